The van der Waals surface area contributed by atoms with Crippen LogP contribution in [0.4, 0.5) is 16.2 Å². The molecule has 0 spiro atoms. The molecule has 0 atom stereocenters. The van der Waals surface area contributed by atoms with Crippen LogP contribution in [0.1, 0.15) is 6.42 Å². The Morgan fingerprint density at radius 3 is 2.94 bits per heavy atom. The molecule has 0 unspecified atom stereocenters. The molecule has 1 N–H and O–H groups in total. The lowest BCUT2D eigenvalue weighted by Crippen LogP contribution is -2.22. The van der Waals surface area contributed by atoms with E-state index in [0.717, 1.165) is 6.42 Å². The van der Waals surface area contributed by atoms with Crippen LogP contribution in [0.15, 0.2) is 6.20 Å². The number of nitrogens with one attached hydrogen (secondary N) is 1. The van der Waals surface area contributed by atoms with Crippen LogP contribution in [-0.2, 0) is 4.74 Å². The Bertz CT molecular complexity index is 335. The third-order valence-corrected chi connectivity index (χ3v) is 2.15. The van der Waals surface area contributed by atoms with Gasteiger partial charge < -0.3 is 15.0 Å². The smallest absolute Gasteiger partial charge is 0.224 e. The summed E-state index contributed by atoms with van der Waals surface area (Å²) in [6.07, 6.45) is 1.99. The summed E-state index contributed by atoms with van der Waals surface area (Å²) >= 11 is 0. The molecule has 0 fully saturated rings. The number of halogens is 1. The largest absolute Gasteiger partial charge is 0.385 e. The Morgan fingerprint density at radius 1 is 1.56 bits per heavy atom. The summed E-state index contributed by atoms with van der Waals surface area (Å²) in [5, 5.41) is 2.78. The van der Waals surface area contributed by atoms with E-state index in [2.05, 4.69) is 15.3 Å². The van der Waals surface area contributed by atoms with Gasteiger partial charge in [0, 0.05) is 34.4 Å². The fourth-order valence-corrected chi connectivity index (χ4v) is 1.30. The Labute approximate surface area is 94.6 Å². The van der Waals surface area contributed by atoms with Crippen molar-refractivity contribution in [2.75, 3.05) is 44.6 Å². The highest BCUT2D eigenvalue weighted by atomic mass is 19.1. The van der Waals surface area contributed by atoms with Gasteiger partial charge in [-0.05, 0) is 6.42 Å². The molecule has 0 aliphatic heterocycles. The molecule has 0 aliphatic carbocycles. The zero-order chi connectivity index (χ0) is 12.0. The molecule has 0 amide bonds. The number of ether oxygens (including phenoxy) is 1. The van der Waals surface area contributed by atoms with Crippen LogP contribution in [0.5, 0.6) is 0 Å². The molecule has 1 heterocycles. The number of hydrogen-bond acceptors (Lipinski definition) is 5. The normalized spacial score (nSPS) is 10.2. The zero-order valence-corrected chi connectivity index (χ0v) is 9.83. The van der Waals surface area contributed by atoms with Crippen molar-refractivity contribution in [2.24, 2.45) is 0 Å². The van der Waals surface area contributed by atoms with E-state index in [9.17, 15) is 4.39 Å². The molecular weight excluding hydrogens is 211 g/mol. The molecule has 90 valence electrons. The van der Waals surface area contributed by atoms with Gasteiger partial charge in [0.1, 0.15) is 0 Å². The standard InChI is InChI=1S/C10H17FN4O/c1-12-10-13-7-8(11)9(14-10)15(2)5-4-6-16-3/h7H,4-6H2,1-3H3,(H,12,13,14). The molecule has 0 saturated carbocycles. The van der Waals surface area contributed by atoms with Gasteiger partial charge in [-0.1, -0.05) is 0 Å². The molecule has 0 radical (unpaired) electrons. The number of hydrogen-bond donors (Lipinski definition) is 1. The van der Waals surface area contributed by atoms with Crippen molar-refractivity contribution in [1.29, 1.82) is 0 Å². The van der Waals surface area contributed by atoms with Crippen molar-refractivity contribution in [3.05, 3.63) is 12.0 Å². The van der Waals surface area contributed by atoms with E-state index in [-0.39, 0.29) is 0 Å². The zero-order valence-electron chi connectivity index (χ0n) is 9.83. The minimum absolute atomic E-state index is 0.301. The molecule has 6 heteroatoms. The first-order valence-corrected chi connectivity index (χ1v) is 5.09. The molecule has 1 aromatic rings. The first-order chi connectivity index (χ1) is 7.69. The predicted octanol–water partition coefficient (Wildman–Crippen LogP) is 1.13. The third kappa shape index (κ3) is 3.30. The first kappa shape index (κ1) is 12.6. The summed E-state index contributed by atoms with van der Waals surface area (Å²) in [7, 11) is 5.13. The second-order valence-corrected chi connectivity index (χ2v) is 3.38. The van der Waals surface area contributed by atoms with Gasteiger partial charge in [-0.25, -0.2) is 9.37 Å². The van der Waals surface area contributed by atoms with Gasteiger partial charge in [0.2, 0.25) is 5.95 Å². The Balaban J connectivity index is 2.69. The maximum Gasteiger partial charge on any atom is 0.224 e. The van der Waals surface area contributed by atoms with E-state index in [1.54, 1.807) is 26.1 Å². The Morgan fingerprint density at radius 2 is 2.31 bits per heavy atom. The minimum Gasteiger partial charge on any atom is -0.385 e. The molecular formula is C10H17FN4O. The van der Waals surface area contributed by atoms with Crippen LogP contribution in [0, 0.1) is 5.82 Å². The van der Waals surface area contributed by atoms with Crippen molar-refractivity contribution in [2.45, 2.75) is 6.42 Å². The van der Waals surface area contributed by atoms with Crippen LogP contribution in [0.25, 0.3) is 0 Å². The van der Waals surface area contributed by atoms with Gasteiger partial charge in [0.15, 0.2) is 11.6 Å². The van der Waals surface area contributed by atoms with Crippen molar-refractivity contribution < 1.29 is 9.13 Å². The summed E-state index contributed by atoms with van der Waals surface area (Å²) in [6.45, 7) is 1.33. The van der Waals surface area contributed by atoms with Gasteiger partial charge in [0.05, 0.1) is 6.20 Å². The van der Waals surface area contributed by atoms with Gasteiger partial charge in [-0.2, -0.15) is 4.98 Å². The summed E-state index contributed by atoms with van der Waals surface area (Å²) in [5.74, 6) is 0.296. The van der Waals surface area contributed by atoms with E-state index in [0.29, 0.717) is 24.9 Å². The fourth-order valence-electron chi connectivity index (χ4n) is 1.30. The summed E-state index contributed by atoms with van der Waals surface area (Å²) in [4.78, 5) is 9.59. The number of anilines is 2. The average Bonchev–Trinajstić information content (AvgIpc) is 2.30. The lowest BCUT2D eigenvalue weighted by atomic mass is 10.4. The highest BCUT2D eigenvalue weighted by Crippen LogP contribution is 2.15. The SMILES string of the molecule is CNc1ncc(F)c(N(C)CCCOC)n1. The van der Waals surface area contributed by atoms with Crippen LogP contribution >= 0.6 is 0 Å². The van der Waals surface area contributed by atoms with Crippen LogP contribution in [-0.4, -0.2) is 44.3 Å². The van der Waals surface area contributed by atoms with Crippen molar-refractivity contribution in [3.63, 3.8) is 0 Å². The highest BCUT2D eigenvalue weighted by molar-refractivity contribution is 5.42. The second-order valence-electron chi connectivity index (χ2n) is 3.38. The molecule has 16 heavy (non-hydrogen) atoms. The average molecular weight is 228 g/mol. The first-order valence-electron chi connectivity index (χ1n) is 5.09. The third-order valence-electron chi connectivity index (χ3n) is 2.15. The van der Waals surface area contributed by atoms with E-state index < -0.39 is 5.82 Å². The number of methoxy groups -OCH3 is 1. The monoisotopic (exact) mass is 228 g/mol. The minimum atomic E-state index is -0.418. The number of nitrogens with zero attached hydrogens (tertiary/aromatic N) is 3. The van der Waals surface area contributed by atoms with Crippen LogP contribution < -0.4 is 10.2 Å². The van der Waals surface area contributed by atoms with Gasteiger partial charge in [-0.3, -0.25) is 0 Å². The topological polar surface area (TPSA) is 50.3 Å². The molecule has 0 aliphatic rings. The number of aromatic nitrogens is 2. The van der Waals surface area contributed by atoms with E-state index in [4.69, 9.17) is 4.74 Å². The maximum atomic E-state index is 13.4. The lowest BCUT2D eigenvalue weighted by Gasteiger charge is -2.18. The summed E-state index contributed by atoms with van der Waals surface area (Å²) < 4.78 is 18.4. The molecule has 0 bridgehead atoms. The second kappa shape index (κ2) is 6.22. The van der Waals surface area contributed by atoms with Crippen molar-refractivity contribution in [1.82, 2.24) is 9.97 Å². The highest BCUT2D eigenvalue weighted by Gasteiger charge is 2.10. The number of rotatable bonds is 6. The van der Waals surface area contributed by atoms with Crippen LogP contribution in [0.2, 0.25) is 0 Å². The lowest BCUT2D eigenvalue weighted by molar-refractivity contribution is 0.196. The molecule has 0 aromatic carbocycles. The fraction of sp³-hybridized carbons (Fsp3) is 0.600. The molecule has 1 aromatic heterocycles. The van der Waals surface area contributed by atoms with E-state index in [1.165, 1.54) is 6.20 Å². The Kier molecular flexibility index (Phi) is 4.91. The summed E-state index contributed by atoms with van der Waals surface area (Å²) in [6, 6.07) is 0. The van der Waals surface area contributed by atoms with Crippen molar-refractivity contribution >= 4 is 11.8 Å². The van der Waals surface area contributed by atoms with Crippen molar-refractivity contribution in [3.8, 4) is 0 Å². The van der Waals surface area contributed by atoms with Gasteiger partial charge >= 0.3 is 0 Å². The van der Waals surface area contributed by atoms with E-state index in [1.807, 2.05) is 0 Å². The van der Waals surface area contributed by atoms with Gasteiger partial charge in [-0.15, -0.1) is 0 Å². The maximum absolute atomic E-state index is 13.4. The predicted molar refractivity (Wildman–Crippen MR) is 61.3 cm³/mol. The molecule has 0 saturated heterocycles. The quantitative estimate of drug-likeness (QED) is 0.740. The molecule has 1 rings (SSSR count). The summed E-state index contributed by atoms with van der Waals surface area (Å²) in [5.41, 5.74) is 0. The Hall–Kier alpha value is -1.43. The molecule has 5 nitrogen and oxygen atoms in total. The van der Waals surface area contributed by atoms with Crippen LogP contribution in [0.3, 0.4) is 0 Å². The van der Waals surface area contributed by atoms with E-state index >= 15 is 0 Å². The van der Waals surface area contributed by atoms with Gasteiger partial charge in [0.25, 0.3) is 0 Å².